The van der Waals surface area contributed by atoms with Gasteiger partial charge in [-0.3, -0.25) is 0 Å². The molecule has 1 aromatic carbocycles. The second-order valence-electron chi connectivity index (χ2n) is 11.2. The average Bonchev–Trinajstić information content (AvgIpc) is 2.90. The van der Waals surface area contributed by atoms with Gasteiger partial charge in [-0.15, -0.1) is 0 Å². The highest BCUT2D eigenvalue weighted by Crippen LogP contribution is 2.23. The Hall–Kier alpha value is -0.870. The summed E-state index contributed by atoms with van der Waals surface area (Å²) in [6, 6.07) is 8.24. The van der Waals surface area contributed by atoms with Crippen molar-refractivity contribution < 1.29 is 31.0 Å². The fourth-order valence-corrected chi connectivity index (χ4v) is 5.56. The summed E-state index contributed by atoms with van der Waals surface area (Å²) in [5.41, 5.74) is 1.98. The predicted octanol–water partition coefficient (Wildman–Crippen LogP) is 6.88. The molecule has 0 aromatic heterocycles. The lowest BCUT2D eigenvalue weighted by molar-refractivity contribution is -0.941. The van der Waals surface area contributed by atoms with Crippen LogP contribution in [0.25, 0.3) is 0 Å². The van der Waals surface area contributed by atoms with Gasteiger partial charge in [0, 0.05) is 5.56 Å². The standard InChI is InChI=1S/C33H60NO2.BrH/c1-5-8-11-14-17-20-26-34(27-21-18-15-12-9-6-2,28-22-19-16-13-10-7-3)30-31-24-23-25-32(29-31)33(35)36-4;/h23-25,29H,5-22,26-28,30H2,1-4H3;1H/q+1;/p-1. The number of benzene rings is 1. The first kappa shape index (κ1) is 36.1. The fourth-order valence-electron chi connectivity index (χ4n) is 5.56. The fraction of sp³-hybridized carbons (Fsp3) is 0.788. The van der Waals surface area contributed by atoms with Crippen LogP contribution < -0.4 is 17.0 Å². The molecule has 0 saturated heterocycles. The first-order valence-corrected chi connectivity index (χ1v) is 15.6. The largest absolute Gasteiger partial charge is 1.00 e. The number of quaternary nitrogens is 1. The molecule has 4 heteroatoms. The lowest BCUT2D eigenvalue weighted by Gasteiger charge is -2.40. The van der Waals surface area contributed by atoms with Crippen molar-refractivity contribution in [2.75, 3.05) is 26.7 Å². The van der Waals surface area contributed by atoms with Gasteiger partial charge in [-0.05, 0) is 50.7 Å². The van der Waals surface area contributed by atoms with Gasteiger partial charge in [0.25, 0.3) is 0 Å². The van der Waals surface area contributed by atoms with Crippen LogP contribution in [0.5, 0.6) is 0 Å². The number of carbonyl (C=O) groups is 1. The number of methoxy groups -OCH3 is 1. The van der Waals surface area contributed by atoms with Crippen molar-refractivity contribution >= 4 is 5.97 Å². The van der Waals surface area contributed by atoms with Crippen LogP contribution in [0.15, 0.2) is 24.3 Å². The Labute approximate surface area is 241 Å². The lowest BCUT2D eigenvalue weighted by atomic mass is 10.0. The zero-order valence-corrected chi connectivity index (χ0v) is 26.6. The number of nitrogens with zero attached hydrogens (tertiary/aromatic N) is 1. The summed E-state index contributed by atoms with van der Waals surface area (Å²) in [6.07, 6.45) is 24.4. The van der Waals surface area contributed by atoms with Crippen LogP contribution in [-0.4, -0.2) is 37.2 Å². The molecule has 0 amide bonds. The molecule has 0 fully saturated rings. The van der Waals surface area contributed by atoms with Crippen LogP contribution in [0, 0.1) is 0 Å². The first-order chi connectivity index (χ1) is 17.6. The molecule has 0 saturated carbocycles. The summed E-state index contributed by atoms with van der Waals surface area (Å²) in [5.74, 6) is -0.224. The monoisotopic (exact) mass is 581 g/mol. The maximum absolute atomic E-state index is 12.2. The number of unbranched alkanes of at least 4 members (excludes halogenated alkanes) is 15. The highest BCUT2D eigenvalue weighted by molar-refractivity contribution is 5.89. The maximum Gasteiger partial charge on any atom is 0.337 e. The van der Waals surface area contributed by atoms with E-state index < -0.39 is 0 Å². The number of halogens is 1. The summed E-state index contributed by atoms with van der Waals surface area (Å²) in [5, 5.41) is 0. The Bertz CT molecular complexity index is 623. The number of esters is 1. The topological polar surface area (TPSA) is 26.3 Å². The van der Waals surface area contributed by atoms with Gasteiger partial charge in [0.15, 0.2) is 0 Å². The minimum atomic E-state index is -0.224. The van der Waals surface area contributed by atoms with Crippen molar-refractivity contribution in [3.05, 3.63) is 35.4 Å². The molecule has 0 N–H and O–H groups in total. The van der Waals surface area contributed by atoms with E-state index in [2.05, 4.69) is 32.9 Å². The van der Waals surface area contributed by atoms with Crippen LogP contribution in [0.3, 0.4) is 0 Å². The molecule has 3 nitrogen and oxygen atoms in total. The van der Waals surface area contributed by atoms with Crippen molar-refractivity contribution in [1.29, 1.82) is 0 Å². The molecule has 0 atom stereocenters. The molecule has 0 aliphatic rings. The third-order valence-corrected chi connectivity index (χ3v) is 7.82. The average molecular weight is 583 g/mol. The summed E-state index contributed by atoms with van der Waals surface area (Å²) in [6.45, 7) is 11.8. The number of hydrogen-bond donors (Lipinski definition) is 0. The SMILES string of the molecule is CCCCCCCC[N+](CCCCCCCC)(CCCCCCCC)Cc1cccc(C(=O)OC)c1.[Br-]. The van der Waals surface area contributed by atoms with Crippen LogP contribution in [0.1, 0.15) is 152 Å². The molecule has 1 aromatic rings. The minimum Gasteiger partial charge on any atom is -1.00 e. The molecule has 0 heterocycles. The zero-order valence-electron chi connectivity index (χ0n) is 25.0. The van der Waals surface area contributed by atoms with Gasteiger partial charge in [-0.25, -0.2) is 4.79 Å². The van der Waals surface area contributed by atoms with Crippen molar-refractivity contribution in [3.8, 4) is 0 Å². The normalized spacial score (nSPS) is 11.4. The van der Waals surface area contributed by atoms with Crippen molar-refractivity contribution in [2.45, 2.75) is 143 Å². The predicted molar refractivity (Wildman–Crippen MR) is 156 cm³/mol. The molecule has 1 rings (SSSR count). The summed E-state index contributed by atoms with van der Waals surface area (Å²) in [4.78, 5) is 12.2. The molecule has 0 aliphatic heterocycles. The molecule has 37 heavy (non-hydrogen) atoms. The number of rotatable bonds is 24. The molecule has 216 valence electrons. The second-order valence-corrected chi connectivity index (χ2v) is 11.2. The van der Waals surface area contributed by atoms with E-state index in [1.807, 2.05) is 12.1 Å². The molecule has 0 bridgehead atoms. The van der Waals surface area contributed by atoms with Gasteiger partial charge in [-0.1, -0.05) is 110 Å². The zero-order chi connectivity index (χ0) is 26.3. The van der Waals surface area contributed by atoms with Gasteiger partial charge >= 0.3 is 5.97 Å². The Morgan fingerprint density at radius 1 is 0.649 bits per heavy atom. The molecular formula is C33H60BrNO2. The van der Waals surface area contributed by atoms with E-state index in [1.54, 1.807) is 0 Å². The van der Waals surface area contributed by atoms with Gasteiger partial charge in [0.1, 0.15) is 6.54 Å². The highest BCUT2D eigenvalue weighted by atomic mass is 79.9. The number of carbonyl (C=O) groups excluding carboxylic acids is 1. The Morgan fingerprint density at radius 3 is 1.46 bits per heavy atom. The molecule has 0 unspecified atom stereocenters. The maximum atomic E-state index is 12.2. The first-order valence-electron chi connectivity index (χ1n) is 15.6. The Kier molecular flexibility index (Phi) is 23.6. The third-order valence-electron chi connectivity index (χ3n) is 7.82. The number of ether oxygens (including phenoxy) is 1. The van der Waals surface area contributed by atoms with E-state index in [-0.39, 0.29) is 23.0 Å². The van der Waals surface area contributed by atoms with Gasteiger partial charge in [0.2, 0.25) is 0 Å². The number of hydrogen-bond acceptors (Lipinski definition) is 2. The van der Waals surface area contributed by atoms with E-state index in [4.69, 9.17) is 4.74 Å². The summed E-state index contributed by atoms with van der Waals surface area (Å²) in [7, 11) is 1.48. The third kappa shape index (κ3) is 17.4. The highest BCUT2D eigenvalue weighted by Gasteiger charge is 2.27. The van der Waals surface area contributed by atoms with E-state index in [0.29, 0.717) is 5.56 Å². The molecule has 0 spiro atoms. The van der Waals surface area contributed by atoms with Crippen LogP contribution in [0.4, 0.5) is 0 Å². The lowest BCUT2D eigenvalue weighted by Crippen LogP contribution is -3.00. The van der Waals surface area contributed by atoms with Crippen molar-refractivity contribution in [2.24, 2.45) is 0 Å². The summed E-state index contributed by atoms with van der Waals surface area (Å²) < 4.78 is 6.21. The Balaban J connectivity index is 0.0000130. The van der Waals surface area contributed by atoms with Gasteiger partial charge < -0.3 is 26.2 Å². The Morgan fingerprint density at radius 2 is 1.05 bits per heavy atom. The minimum absolute atomic E-state index is 0. The van der Waals surface area contributed by atoms with E-state index in [1.165, 1.54) is 152 Å². The quantitative estimate of drug-likeness (QED) is 0.0755. The smallest absolute Gasteiger partial charge is 0.337 e. The van der Waals surface area contributed by atoms with Gasteiger partial charge in [0.05, 0.1) is 32.3 Å². The van der Waals surface area contributed by atoms with Crippen LogP contribution in [0.2, 0.25) is 0 Å². The van der Waals surface area contributed by atoms with Crippen LogP contribution in [-0.2, 0) is 11.3 Å². The second kappa shape index (κ2) is 24.2. The van der Waals surface area contributed by atoms with E-state index >= 15 is 0 Å². The van der Waals surface area contributed by atoms with Crippen LogP contribution >= 0.6 is 0 Å². The molecule has 0 radical (unpaired) electrons. The molecule has 0 aliphatic carbocycles. The van der Waals surface area contributed by atoms with E-state index in [9.17, 15) is 4.79 Å². The van der Waals surface area contributed by atoms with Crippen molar-refractivity contribution in [3.63, 3.8) is 0 Å². The van der Waals surface area contributed by atoms with Gasteiger partial charge in [-0.2, -0.15) is 0 Å². The molecular weight excluding hydrogens is 522 g/mol. The summed E-state index contributed by atoms with van der Waals surface area (Å²) >= 11 is 0. The van der Waals surface area contributed by atoms with E-state index in [0.717, 1.165) is 6.54 Å². The van der Waals surface area contributed by atoms with Crippen molar-refractivity contribution in [1.82, 2.24) is 0 Å².